The zero-order chi connectivity index (χ0) is 19.2. The number of aromatic nitrogens is 3. The lowest BCUT2D eigenvalue weighted by molar-refractivity contribution is -0.135. The second-order valence-corrected chi connectivity index (χ2v) is 7.13. The molecule has 0 bridgehead atoms. The first-order valence-corrected chi connectivity index (χ1v) is 8.93. The molecule has 0 aliphatic carbocycles. The molecule has 2 aliphatic rings. The van der Waals surface area contributed by atoms with Gasteiger partial charge in [-0.1, -0.05) is 12.1 Å². The first kappa shape index (κ1) is 17.8. The van der Waals surface area contributed by atoms with Gasteiger partial charge in [0.2, 0.25) is 5.91 Å². The number of fused-ring (bicyclic) bond motifs is 1. The Kier molecular flexibility index (Phi) is 4.32. The maximum Gasteiger partial charge on any atom is 0.346 e. The summed E-state index contributed by atoms with van der Waals surface area (Å²) in [6.45, 7) is -0.535. The van der Waals surface area contributed by atoms with Gasteiger partial charge in [0.15, 0.2) is 0 Å². The number of benzene rings is 1. The minimum atomic E-state index is -2.88. The molecule has 0 saturated carbocycles. The van der Waals surface area contributed by atoms with Crippen molar-refractivity contribution in [2.24, 2.45) is 0 Å². The molecule has 144 valence electrons. The Bertz CT molecular complexity index is 937. The molecule has 1 amide bonds. The van der Waals surface area contributed by atoms with Gasteiger partial charge in [0.25, 0.3) is 5.92 Å². The minimum absolute atomic E-state index is 0.0101. The van der Waals surface area contributed by atoms with Crippen LogP contribution in [0, 0.1) is 5.82 Å². The normalized spacial score (nSPS) is 21.3. The average Bonchev–Trinajstić information content (AvgIpc) is 3.14. The molecule has 2 aliphatic heterocycles. The van der Waals surface area contributed by atoms with Crippen LogP contribution in [0.2, 0.25) is 0 Å². The van der Waals surface area contributed by atoms with Crippen molar-refractivity contribution in [1.29, 1.82) is 0 Å². The molecule has 2 aromatic rings. The summed E-state index contributed by atoms with van der Waals surface area (Å²) in [5, 5.41) is 4.29. The first-order valence-electron chi connectivity index (χ1n) is 8.93. The Morgan fingerprint density at radius 1 is 1.33 bits per heavy atom. The summed E-state index contributed by atoms with van der Waals surface area (Å²) >= 11 is 0. The van der Waals surface area contributed by atoms with E-state index < -0.39 is 35.9 Å². The molecule has 6 nitrogen and oxygen atoms in total. The van der Waals surface area contributed by atoms with Crippen LogP contribution < -0.4 is 5.69 Å². The molecule has 0 radical (unpaired) electrons. The van der Waals surface area contributed by atoms with E-state index >= 15 is 0 Å². The number of hydrogen-bond acceptors (Lipinski definition) is 3. The second-order valence-electron chi connectivity index (χ2n) is 7.13. The highest BCUT2D eigenvalue weighted by atomic mass is 19.3. The molecule has 1 atom stereocenters. The highest BCUT2D eigenvalue weighted by Gasteiger charge is 2.43. The van der Waals surface area contributed by atoms with Crippen molar-refractivity contribution in [3.8, 4) is 0 Å². The topological polar surface area (TPSA) is 60.1 Å². The number of carbonyl (C=O) groups excluding carboxylic acids is 1. The second kappa shape index (κ2) is 6.54. The van der Waals surface area contributed by atoms with E-state index in [0.717, 1.165) is 4.90 Å². The van der Waals surface area contributed by atoms with Gasteiger partial charge in [0.05, 0.1) is 13.1 Å². The molecule has 1 unspecified atom stereocenters. The maximum absolute atomic E-state index is 13.5. The Labute approximate surface area is 153 Å². The number of alkyl halides is 2. The molecule has 9 heteroatoms. The van der Waals surface area contributed by atoms with Gasteiger partial charge in [0.1, 0.15) is 17.7 Å². The quantitative estimate of drug-likeness (QED) is 0.818. The van der Waals surface area contributed by atoms with Crippen molar-refractivity contribution in [2.45, 2.75) is 44.2 Å². The van der Waals surface area contributed by atoms with Gasteiger partial charge < -0.3 is 4.90 Å². The van der Waals surface area contributed by atoms with E-state index in [2.05, 4.69) is 5.10 Å². The Hall–Kier alpha value is -2.58. The number of halogens is 3. The van der Waals surface area contributed by atoms with Gasteiger partial charge in [-0.15, -0.1) is 0 Å². The SMILES string of the molecule is O=C(C1CCCc2nn(Cc3cccc(F)c3)c(=O)n21)N1CCC(F)(F)C1. The Morgan fingerprint density at radius 3 is 2.85 bits per heavy atom. The van der Waals surface area contributed by atoms with Gasteiger partial charge in [-0.05, 0) is 30.5 Å². The number of aryl methyl sites for hydroxylation is 1. The van der Waals surface area contributed by atoms with Gasteiger partial charge in [-0.25, -0.2) is 22.6 Å². The van der Waals surface area contributed by atoms with Crippen LogP contribution in [0.25, 0.3) is 0 Å². The van der Waals surface area contributed by atoms with E-state index in [1.54, 1.807) is 12.1 Å². The predicted octanol–water partition coefficient (Wildman–Crippen LogP) is 1.98. The first-order chi connectivity index (χ1) is 12.8. The van der Waals surface area contributed by atoms with E-state index in [4.69, 9.17) is 0 Å². The fourth-order valence-electron chi connectivity index (χ4n) is 3.81. The monoisotopic (exact) mass is 380 g/mol. The molecular weight excluding hydrogens is 361 g/mol. The van der Waals surface area contributed by atoms with Crippen LogP contribution in [0.4, 0.5) is 13.2 Å². The van der Waals surface area contributed by atoms with E-state index in [-0.39, 0.29) is 19.5 Å². The molecule has 1 fully saturated rings. The molecular formula is C18H19F3N4O2. The summed E-state index contributed by atoms with van der Waals surface area (Å²) < 4.78 is 42.8. The number of likely N-dealkylation sites (tertiary alicyclic amines) is 1. The fraction of sp³-hybridized carbons (Fsp3) is 0.500. The van der Waals surface area contributed by atoms with E-state index in [0.29, 0.717) is 30.7 Å². The van der Waals surface area contributed by atoms with Crippen LogP contribution in [0.15, 0.2) is 29.1 Å². The third-order valence-electron chi connectivity index (χ3n) is 5.12. The van der Waals surface area contributed by atoms with Crippen molar-refractivity contribution >= 4 is 5.91 Å². The molecule has 3 heterocycles. The van der Waals surface area contributed by atoms with Crippen molar-refractivity contribution in [1.82, 2.24) is 19.2 Å². The number of hydrogen-bond donors (Lipinski definition) is 0. The predicted molar refractivity (Wildman–Crippen MR) is 90.1 cm³/mol. The molecule has 27 heavy (non-hydrogen) atoms. The van der Waals surface area contributed by atoms with Gasteiger partial charge in [-0.2, -0.15) is 5.10 Å². The Morgan fingerprint density at radius 2 is 2.15 bits per heavy atom. The van der Waals surface area contributed by atoms with Crippen LogP contribution in [0.1, 0.15) is 36.7 Å². The summed E-state index contributed by atoms with van der Waals surface area (Å²) in [4.78, 5) is 26.7. The standard InChI is InChI=1S/C18H19F3N4O2/c19-13-4-1-3-12(9-13)10-24-17(27)25-14(5-2-6-15(25)22-24)16(26)23-8-7-18(20,21)11-23/h1,3-4,9,14H,2,5-8,10-11H2. The number of amides is 1. The highest BCUT2D eigenvalue weighted by Crippen LogP contribution is 2.31. The smallest absolute Gasteiger partial charge is 0.335 e. The largest absolute Gasteiger partial charge is 0.346 e. The van der Waals surface area contributed by atoms with Crippen molar-refractivity contribution < 1.29 is 18.0 Å². The van der Waals surface area contributed by atoms with Crippen molar-refractivity contribution in [3.05, 3.63) is 52.0 Å². The summed E-state index contributed by atoms with van der Waals surface area (Å²) in [5.74, 6) is -3.28. The molecule has 0 spiro atoms. The third kappa shape index (κ3) is 3.38. The molecule has 1 aromatic heterocycles. The van der Waals surface area contributed by atoms with Crippen LogP contribution in [-0.4, -0.2) is 44.2 Å². The fourth-order valence-corrected chi connectivity index (χ4v) is 3.81. The minimum Gasteiger partial charge on any atom is -0.335 e. The van der Waals surface area contributed by atoms with Crippen LogP contribution in [-0.2, 0) is 17.8 Å². The van der Waals surface area contributed by atoms with Crippen LogP contribution in [0.3, 0.4) is 0 Å². The highest BCUT2D eigenvalue weighted by molar-refractivity contribution is 5.81. The Balaban J connectivity index is 1.62. The van der Waals surface area contributed by atoms with E-state index in [1.807, 2.05) is 0 Å². The van der Waals surface area contributed by atoms with Crippen LogP contribution in [0.5, 0.6) is 0 Å². The lowest BCUT2D eigenvalue weighted by Gasteiger charge is -2.27. The van der Waals surface area contributed by atoms with Crippen molar-refractivity contribution in [2.75, 3.05) is 13.1 Å². The van der Waals surface area contributed by atoms with Gasteiger partial charge in [-0.3, -0.25) is 9.36 Å². The summed E-state index contributed by atoms with van der Waals surface area (Å²) in [6.07, 6.45) is 1.24. The van der Waals surface area contributed by atoms with Gasteiger partial charge >= 0.3 is 5.69 Å². The molecule has 1 aromatic carbocycles. The summed E-state index contributed by atoms with van der Waals surface area (Å²) in [5.41, 5.74) is 0.105. The van der Waals surface area contributed by atoms with E-state index in [9.17, 15) is 22.8 Å². The number of carbonyl (C=O) groups is 1. The average molecular weight is 380 g/mol. The summed E-state index contributed by atoms with van der Waals surface area (Å²) in [6, 6.07) is 5.05. The maximum atomic E-state index is 13.5. The zero-order valence-electron chi connectivity index (χ0n) is 14.6. The molecule has 0 N–H and O–H groups in total. The lowest BCUT2D eigenvalue weighted by Crippen LogP contribution is -2.42. The summed E-state index contributed by atoms with van der Waals surface area (Å²) in [7, 11) is 0. The lowest BCUT2D eigenvalue weighted by atomic mass is 10.0. The number of rotatable bonds is 3. The molecule has 1 saturated heterocycles. The van der Waals surface area contributed by atoms with Crippen LogP contribution >= 0.6 is 0 Å². The number of nitrogens with zero attached hydrogens (tertiary/aromatic N) is 4. The third-order valence-corrected chi connectivity index (χ3v) is 5.12. The van der Waals surface area contributed by atoms with E-state index in [1.165, 1.54) is 21.4 Å². The van der Waals surface area contributed by atoms with Gasteiger partial charge in [0, 0.05) is 19.4 Å². The zero-order valence-corrected chi connectivity index (χ0v) is 14.6. The molecule has 4 rings (SSSR count). The van der Waals surface area contributed by atoms with Crippen molar-refractivity contribution in [3.63, 3.8) is 0 Å².